The van der Waals surface area contributed by atoms with Gasteiger partial charge in [-0.2, -0.15) is 5.26 Å². The van der Waals surface area contributed by atoms with E-state index in [1.165, 1.54) is 12.8 Å². The van der Waals surface area contributed by atoms with Gasteiger partial charge in [0, 0.05) is 17.6 Å². The van der Waals surface area contributed by atoms with Crippen molar-refractivity contribution in [2.45, 2.75) is 38.8 Å². The lowest BCUT2D eigenvalue weighted by atomic mass is 9.98. The van der Waals surface area contributed by atoms with Gasteiger partial charge in [-0.1, -0.05) is 0 Å². The zero-order chi connectivity index (χ0) is 13.2. The fourth-order valence-corrected chi connectivity index (χ4v) is 2.26. The van der Waals surface area contributed by atoms with E-state index in [9.17, 15) is 0 Å². The number of nitrogens with zero attached hydrogens (tertiary/aromatic N) is 1. The van der Waals surface area contributed by atoms with Crippen LogP contribution in [0.5, 0.6) is 5.75 Å². The summed E-state index contributed by atoms with van der Waals surface area (Å²) in [5.41, 5.74) is 1.88. The minimum atomic E-state index is 0.160. The molecule has 0 atom stereocenters. The third-order valence-corrected chi connectivity index (χ3v) is 3.74. The number of ether oxygens (including phenoxy) is 1. The fraction of sp³-hybridized carbons (Fsp3) is 0.533. The zero-order valence-electron chi connectivity index (χ0n) is 11.3. The Bertz CT molecular complexity index is 470. The standard InChI is InChI=1S/C15H20N2O/c1-15(2,13-5-6-13)17-10-12-8-11(9-16)4-7-14(12)18-3/h4,7-8,13,17H,5-6,10H2,1-3H3. The summed E-state index contributed by atoms with van der Waals surface area (Å²) in [6.07, 6.45) is 2.63. The molecular weight excluding hydrogens is 224 g/mol. The molecule has 0 heterocycles. The maximum Gasteiger partial charge on any atom is 0.123 e. The maximum absolute atomic E-state index is 8.94. The molecule has 1 aliphatic rings. The van der Waals surface area contributed by atoms with Gasteiger partial charge in [-0.05, 0) is 50.8 Å². The molecule has 1 aromatic rings. The van der Waals surface area contributed by atoms with Crippen LogP contribution in [0.4, 0.5) is 0 Å². The van der Waals surface area contributed by atoms with Crippen LogP contribution in [0.25, 0.3) is 0 Å². The van der Waals surface area contributed by atoms with Crippen LogP contribution < -0.4 is 10.1 Å². The van der Waals surface area contributed by atoms with E-state index in [4.69, 9.17) is 10.00 Å². The van der Waals surface area contributed by atoms with Crippen molar-refractivity contribution in [2.24, 2.45) is 5.92 Å². The molecule has 3 heteroatoms. The second kappa shape index (κ2) is 4.99. The van der Waals surface area contributed by atoms with Gasteiger partial charge in [0.05, 0.1) is 18.7 Å². The van der Waals surface area contributed by atoms with E-state index in [1.54, 1.807) is 13.2 Å². The minimum absolute atomic E-state index is 0.160. The van der Waals surface area contributed by atoms with Crippen LogP contribution in [0.3, 0.4) is 0 Å². The first-order valence-corrected chi connectivity index (χ1v) is 6.39. The molecule has 0 aromatic heterocycles. The van der Waals surface area contributed by atoms with Crippen LogP contribution in [0, 0.1) is 17.2 Å². The molecule has 0 unspecified atom stereocenters. The van der Waals surface area contributed by atoms with Crippen molar-refractivity contribution < 1.29 is 4.74 Å². The Kier molecular flexibility index (Phi) is 3.58. The van der Waals surface area contributed by atoms with Gasteiger partial charge >= 0.3 is 0 Å². The summed E-state index contributed by atoms with van der Waals surface area (Å²) in [6, 6.07) is 7.71. The quantitative estimate of drug-likeness (QED) is 0.866. The number of rotatable bonds is 5. The molecule has 18 heavy (non-hydrogen) atoms. The lowest BCUT2D eigenvalue weighted by molar-refractivity contribution is 0.334. The molecule has 0 radical (unpaired) electrons. The third-order valence-electron chi connectivity index (χ3n) is 3.74. The summed E-state index contributed by atoms with van der Waals surface area (Å²) in [5.74, 6) is 1.62. The predicted molar refractivity (Wildman–Crippen MR) is 71.4 cm³/mol. The summed E-state index contributed by atoms with van der Waals surface area (Å²) >= 11 is 0. The van der Waals surface area contributed by atoms with Crippen molar-refractivity contribution in [3.8, 4) is 11.8 Å². The molecule has 1 aromatic carbocycles. The third kappa shape index (κ3) is 2.83. The van der Waals surface area contributed by atoms with E-state index in [-0.39, 0.29) is 5.54 Å². The summed E-state index contributed by atoms with van der Waals surface area (Å²) in [6.45, 7) is 5.22. The summed E-state index contributed by atoms with van der Waals surface area (Å²) in [7, 11) is 1.66. The van der Waals surface area contributed by atoms with E-state index in [0.29, 0.717) is 5.56 Å². The van der Waals surface area contributed by atoms with Crippen LogP contribution >= 0.6 is 0 Å². The first kappa shape index (κ1) is 12.9. The predicted octanol–water partition coefficient (Wildman–Crippen LogP) is 2.85. The lowest BCUT2D eigenvalue weighted by Crippen LogP contribution is -2.40. The van der Waals surface area contributed by atoms with E-state index in [1.807, 2.05) is 12.1 Å². The zero-order valence-corrected chi connectivity index (χ0v) is 11.3. The number of hydrogen-bond acceptors (Lipinski definition) is 3. The SMILES string of the molecule is COc1ccc(C#N)cc1CNC(C)(C)C1CC1. The number of hydrogen-bond donors (Lipinski definition) is 1. The molecule has 0 saturated heterocycles. The molecule has 1 aliphatic carbocycles. The normalized spacial score (nSPS) is 15.2. The van der Waals surface area contributed by atoms with Crippen LogP contribution in [-0.4, -0.2) is 12.6 Å². The molecule has 0 amide bonds. The first-order chi connectivity index (χ1) is 8.56. The highest BCUT2D eigenvalue weighted by Crippen LogP contribution is 2.39. The highest BCUT2D eigenvalue weighted by atomic mass is 16.5. The van der Waals surface area contributed by atoms with Gasteiger partial charge < -0.3 is 10.1 Å². The van der Waals surface area contributed by atoms with Gasteiger partial charge in [-0.3, -0.25) is 0 Å². The number of methoxy groups -OCH3 is 1. The molecular formula is C15H20N2O. The van der Waals surface area contributed by atoms with E-state index < -0.39 is 0 Å². The Morgan fingerprint density at radius 2 is 2.17 bits per heavy atom. The van der Waals surface area contributed by atoms with Gasteiger partial charge in [0.2, 0.25) is 0 Å². The van der Waals surface area contributed by atoms with E-state index >= 15 is 0 Å². The molecule has 1 saturated carbocycles. The van der Waals surface area contributed by atoms with Crippen LogP contribution in [-0.2, 0) is 6.54 Å². The molecule has 3 nitrogen and oxygen atoms in total. The minimum Gasteiger partial charge on any atom is -0.496 e. The molecule has 1 fully saturated rings. The van der Waals surface area contributed by atoms with Crippen molar-refractivity contribution in [3.63, 3.8) is 0 Å². The monoisotopic (exact) mass is 244 g/mol. The first-order valence-electron chi connectivity index (χ1n) is 6.39. The van der Waals surface area contributed by atoms with Crippen molar-refractivity contribution in [1.29, 1.82) is 5.26 Å². The molecule has 0 spiro atoms. The topological polar surface area (TPSA) is 45.0 Å². The van der Waals surface area contributed by atoms with Gasteiger partial charge in [-0.25, -0.2) is 0 Å². The Morgan fingerprint density at radius 3 is 2.72 bits per heavy atom. The smallest absolute Gasteiger partial charge is 0.123 e. The van der Waals surface area contributed by atoms with E-state index in [0.717, 1.165) is 23.8 Å². The number of benzene rings is 1. The molecule has 96 valence electrons. The van der Waals surface area contributed by atoms with Gasteiger partial charge in [0.1, 0.15) is 5.75 Å². The van der Waals surface area contributed by atoms with Crippen molar-refractivity contribution in [2.75, 3.05) is 7.11 Å². The highest BCUT2D eigenvalue weighted by molar-refractivity contribution is 5.42. The average molecular weight is 244 g/mol. The molecule has 0 aliphatic heterocycles. The largest absolute Gasteiger partial charge is 0.496 e. The second-order valence-corrected chi connectivity index (χ2v) is 5.49. The Labute approximate surface area is 109 Å². The van der Waals surface area contributed by atoms with Crippen molar-refractivity contribution in [1.82, 2.24) is 5.32 Å². The van der Waals surface area contributed by atoms with Gasteiger partial charge in [0.15, 0.2) is 0 Å². The Balaban J connectivity index is 2.10. The Morgan fingerprint density at radius 1 is 1.44 bits per heavy atom. The molecule has 1 N–H and O–H groups in total. The average Bonchev–Trinajstić information content (AvgIpc) is 3.20. The van der Waals surface area contributed by atoms with Gasteiger partial charge in [0.25, 0.3) is 0 Å². The highest BCUT2D eigenvalue weighted by Gasteiger charge is 2.37. The molecule has 0 bridgehead atoms. The fourth-order valence-electron chi connectivity index (χ4n) is 2.26. The Hall–Kier alpha value is -1.53. The lowest BCUT2D eigenvalue weighted by Gasteiger charge is -2.26. The summed E-state index contributed by atoms with van der Waals surface area (Å²) in [5, 5.41) is 12.5. The number of nitrogens with one attached hydrogen (secondary N) is 1. The summed E-state index contributed by atoms with van der Waals surface area (Å²) in [4.78, 5) is 0. The van der Waals surface area contributed by atoms with Crippen LogP contribution in [0.2, 0.25) is 0 Å². The molecule has 2 rings (SSSR count). The van der Waals surface area contributed by atoms with E-state index in [2.05, 4.69) is 25.2 Å². The van der Waals surface area contributed by atoms with Crippen LogP contribution in [0.1, 0.15) is 37.8 Å². The number of nitriles is 1. The van der Waals surface area contributed by atoms with Crippen LogP contribution in [0.15, 0.2) is 18.2 Å². The maximum atomic E-state index is 8.94. The van der Waals surface area contributed by atoms with Gasteiger partial charge in [-0.15, -0.1) is 0 Å². The summed E-state index contributed by atoms with van der Waals surface area (Å²) < 4.78 is 5.34. The van der Waals surface area contributed by atoms with Crippen molar-refractivity contribution >= 4 is 0 Å². The second-order valence-electron chi connectivity index (χ2n) is 5.49. The van der Waals surface area contributed by atoms with Crippen molar-refractivity contribution in [3.05, 3.63) is 29.3 Å².